The van der Waals surface area contributed by atoms with Gasteiger partial charge in [-0.2, -0.15) is 5.26 Å². The van der Waals surface area contributed by atoms with Gasteiger partial charge in [-0.3, -0.25) is 9.59 Å². The van der Waals surface area contributed by atoms with Crippen LogP contribution in [0.2, 0.25) is 0 Å². The van der Waals surface area contributed by atoms with E-state index in [9.17, 15) is 9.59 Å². The first-order valence-electron chi connectivity index (χ1n) is 5.59. The molecule has 2 N–H and O–H groups in total. The highest BCUT2D eigenvalue weighted by Crippen LogP contribution is 2.03. The summed E-state index contributed by atoms with van der Waals surface area (Å²) in [5.74, 6) is -1.06. The van der Waals surface area contributed by atoms with E-state index in [1.165, 1.54) is 0 Å². The number of carboxylic acids is 1. The number of hydrogen-bond acceptors (Lipinski definition) is 3. The third kappa shape index (κ3) is 5.12. The lowest BCUT2D eigenvalue weighted by Crippen LogP contribution is -2.22. The van der Waals surface area contributed by atoms with Crippen LogP contribution in [0, 0.1) is 11.3 Å². The fraction of sp³-hybridized carbons (Fsp3) is 0.308. The van der Waals surface area contributed by atoms with Crippen LogP contribution >= 0.6 is 0 Å². The van der Waals surface area contributed by atoms with Gasteiger partial charge < -0.3 is 10.4 Å². The largest absolute Gasteiger partial charge is 0.481 e. The third-order valence-electron chi connectivity index (χ3n) is 2.37. The summed E-state index contributed by atoms with van der Waals surface area (Å²) in [5.41, 5.74) is 1.48. The molecule has 5 nitrogen and oxygen atoms in total. The minimum atomic E-state index is -0.894. The van der Waals surface area contributed by atoms with E-state index >= 15 is 0 Å². The smallest absolute Gasteiger partial charge is 0.303 e. The summed E-state index contributed by atoms with van der Waals surface area (Å²) in [6.07, 6.45) is 0.557. The van der Waals surface area contributed by atoms with Crippen LogP contribution in [-0.2, 0) is 16.1 Å². The molecule has 94 valence electrons. The number of nitrogens with one attached hydrogen (secondary N) is 1. The number of nitrogens with zero attached hydrogens (tertiary/aromatic N) is 1. The number of nitriles is 1. The van der Waals surface area contributed by atoms with E-state index in [0.717, 1.165) is 5.56 Å². The maximum Gasteiger partial charge on any atom is 0.303 e. The molecular weight excluding hydrogens is 232 g/mol. The van der Waals surface area contributed by atoms with Crippen molar-refractivity contribution >= 4 is 11.9 Å². The van der Waals surface area contributed by atoms with E-state index in [-0.39, 0.29) is 18.7 Å². The lowest BCUT2D eigenvalue weighted by atomic mass is 10.1. The first kappa shape index (κ1) is 13.7. The van der Waals surface area contributed by atoms with Crippen molar-refractivity contribution in [2.45, 2.75) is 25.8 Å². The van der Waals surface area contributed by atoms with Gasteiger partial charge in [-0.15, -0.1) is 0 Å². The number of amides is 1. The Morgan fingerprint density at radius 1 is 1.22 bits per heavy atom. The van der Waals surface area contributed by atoms with E-state index < -0.39 is 5.97 Å². The van der Waals surface area contributed by atoms with E-state index in [2.05, 4.69) is 5.32 Å². The highest BCUT2D eigenvalue weighted by atomic mass is 16.4. The molecule has 1 aromatic carbocycles. The van der Waals surface area contributed by atoms with Gasteiger partial charge in [-0.25, -0.2) is 0 Å². The molecule has 0 aliphatic heterocycles. The van der Waals surface area contributed by atoms with Crippen molar-refractivity contribution in [3.8, 4) is 6.07 Å². The third-order valence-corrected chi connectivity index (χ3v) is 2.37. The van der Waals surface area contributed by atoms with E-state index in [4.69, 9.17) is 10.4 Å². The Morgan fingerprint density at radius 3 is 2.44 bits per heavy atom. The van der Waals surface area contributed by atoms with Crippen LogP contribution in [-0.4, -0.2) is 17.0 Å². The molecule has 0 atom stereocenters. The molecule has 0 saturated carbocycles. The summed E-state index contributed by atoms with van der Waals surface area (Å²) in [6.45, 7) is 0.387. The predicted molar refractivity (Wildman–Crippen MR) is 64.5 cm³/mol. The second-order valence-corrected chi connectivity index (χ2v) is 3.83. The molecule has 1 rings (SSSR count). The van der Waals surface area contributed by atoms with Crippen molar-refractivity contribution in [1.82, 2.24) is 5.32 Å². The van der Waals surface area contributed by atoms with Crippen LogP contribution in [0.1, 0.15) is 30.4 Å². The Balaban J connectivity index is 2.29. The van der Waals surface area contributed by atoms with Crippen LogP contribution in [0.25, 0.3) is 0 Å². The van der Waals surface area contributed by atoms with Crippen molar-refractivity contribution < 1.29 is 14.7 Å². The maximum absolute atomic E-state index is 11.4. The summed E-state index contributed by atoms with van der Waals surface area (Å²) >= 11 is 0. The Labute approximate surface area is 105 Å². The van der Waals surface area contributed by atoms with Crippen LogP contribution < -0.4 is 5.32 Å². The Bertz CT molecular complexity index is 460. The molecule has 5 heteroatoms. The lowest BCUT2D eigenvalue weighted by molar-refractivity contribution is -0.137. The monoisotopic (exact) mass is 246 g/mol. The highest BCUT2D eigenvalue weighted by molar-refractivity contribution is 5.76. The van der Waals surface area contributed by atoms with Gasteiger partial charge in [0.2, 0.25) is 5.91 Å². The Kier molecular flexibility index (Phi) is 5.39. The van der Waals surface area contributed by atoms with Crippen LogP contribution in [0.5, 0.6) is 0 Å². The second-order valence-electron chi connectivity index (χ2n) is 3.83. The van der Waals surface area contributed by atoms with Crippen LogP contribution in [0.4, 0.5) is 0 Å². The Morgan fingerprint density at radius 2 is 1.89 bits per heavy atom. The number of carbonyl (C=O) groups is 2. The molecule has 0 spiro atoms. The summed E-state index contributed by atoms with van der Waals surface area (Å²) in [6, 6.07) is 8.94. The molecule has 0 saturated heterocycles. The van der Waals surface area contributed by atoms with Crippen molar-refractivity contribution in [3.63, 3.8) is 0 Å². The van der Waals surface area contributed by atoms with Gasteiger partial charge in [0, 0.05) is 19.4 Å². The van der Waals surface area contributed by atoms with Crippen molar-refractivity contribution in [3.05, 3.63) is 35.4 Å². The summed E-state index contributed by atoms with van der Waals surface area (Å²) in [5, 5.41) is 19.7. The fourth-order valence-electron chi connectivity index (χ4n) is 1.39. The summed E-state index contributed by atoms with van der Waals surface area (Å²) in [7, 11) is 0. The first-order chi connectivity index (χ1) is 8.61. The molecule has 0 radical (unpaired) electrons. The second kappa shape index (κ2) is 7.07. The van der Waals surface area contributed by atoms with Gasteiger partial charge in [0.05, 0.1) is 11.6 Å². The Hall–Kier alpha value is -2.35. The zero-order chi connectivity index (χ0) is 13.4. The molecule has 0 fully saturated rings. The quantitative estimate of drug-likeness (QED) is 0.794. The molecule has 0 bridgehead atoms. The molecule has 0 aromatic heterocycles. The number of aliphatic carboxylic acids is 1. The van der Waals surface area contributed by atoms with Crippen molar-refractivity contribution in [1.29, 1.82) is 5.26 Å². The minimum Gasteiger partial charge on any atom is -0.481 e. The van der Waals surface area contributed by atoms with Gasteiger partial charge in [0.15, 0.2) is 0 Å². The topological polar surface area (TPSA) is 90.2 Å². The average molecular weight is 246 g/mol. The van der Waals surface area contributed by atoms with E-state index in [0.29, 0.717) is 18.5 Å². The van der Waals surface area contributed by atoms with Gasteiger partial charge >= 0.3 is 5.97 Å². The maximum atomic E-state index is 11.4. The van der Waals surface area contributed by atoms with Gasteiger partial charge in [-0.05, 0) is 24.1 Å². The lowest BCUT2D eigenvalue weighted by Gasteiger charge is -2.04. The molecule has 1 aromatic rings. The van der Waals surface area contributed by atoms with E-state index in [1.54, 1.807) is 24.3 Å². The number of rotatable bonds is 6. The zero-order valence-corrected chi connectivity index (χ0v) is 9.85. The number of carboxylic acid groups (broad SMARTS) is 1. The molecule has 0 aliphatic carbocycles. The van der Waals surface area contributed by atoms with E-state index in [1.807, 2.05) is 6.07 Å². The standard InChI is InChI=1S/C13H14N2O3/c14-8-10-4-6-11(7-5-10)9-15-12(16)2-1-3-13(17)18/h4-7H,1-3,9H2,(H,15,16)(H,17,18). The number of carbonyl (C=O) groups excluding carboxylic acids is 1. The fourth-order valence-corrected chi connectivity index (χ4v) is 1.39. The van der Waals surface area contributed by atoms with Crippen LogP contribution in [0.3, 0.4) is 0 Å². The zero-order valence-electron chi connectivity index (χ0n) is 9.85. The van der Waals surface area contributed by atoms with Gasteiger partial charge in [0.1, 0.15) is 0 Å². The summed E-state index contributed by atoms with van der Waals surface area (Å²) < 4.78 is 0. The molecule has 0 heterocycles. The van der Waals surface area contributed by atoms with Gasteiger partial charge in [-0.1, -0.05) is 12.1 Å². The van der Waals surface area contributed by atoms with Crippen LogP contribution in [0.15, 0.2) is 24.3 Å². The molecule has 18 heavy (non-hydrogen) atoms. The minimum absolute atomic E-state index is 0.00425. The average Bonchev–Trinajstić information content (AvgIpc) is 2.36. The predicted octanol–water partition coefficient (Wildman–Crippen LogP) is 1.43. The normalized spacial score (nSPS) is 9.50. The molecule has 0 unspecified atom stereocenters. The summed E-state index contributed by atoms with van der Waals surface area (Å²) in [4.78, 5) is 21.6. The highest BCUT2D eigenvalue weighted by Gasteiger charge is 2.03. The van der Waals surface area contributed by atoms with Gasteiger partial charge in [0.25, 0.3) is 0 Å². The van der Waals surface area contributed by atoms with Crippen molar-refractivity contribution in [2.75, 3.05) is 0 Å². The SMILES string of the molecule is N#Cc1ccc(CNC(=O)CCCC(=O)O)cc1. The number of benzene rings is 1. The first-order valence-corrected chi connectivity index (χ1v) is 5.59. The molecule has 1 amide bonds. The van der Waals surface area contributed by atoms with Crippen molar-refractivity contribution in [2.24, 2.45) is 0 Å². The molecular formula is C13H14N2O3. The number of hydrogen-bond donors (Lipinski definition) is 2. The molecule has 0 aliphatic rings.